The van der Waals surface area contributed by atoms with Gasteiger partial charge in [-0.2, -0.15) is 0 Å². The first-order valence-corrected chi connectivity index (χ1v) is 9.11. The molecule has 1 aliphatic heterocycles. The molecule has 1 atom stereocenters. The molecule has 5 heteroatoms. The second-order valence-corrected chi connectivity index (χ2v) is 7.06. The van der Waals surface area contributed by atoms with Crippen LogP contribution >= 0.6 is 0 Å². The van der Waals surface area contributed by atoms with Crippen LogP contribution in [-0.4, -0.2) is 30.8 Å². The Bertz CT molecular complexity index is 838. The molecular weight excluding hydrogens is 298 g/mol. The number of likely N-dealkylation sites (tertiary alicyclic amines) is 1. The third-order valence-corrected chi connectivity index (χ3v) is 5.51. The largest absolute Gasteiger partial charge is 0.344 e. The second-order valence-electron chi connectivity index (χ2n) is 7.06. The maximum Gasteiger partial charge on any atom is 0.136 e. The van der Waals surface area contributed by atoms with Gasteiger partial charge in [-0.15, -0.1) is 0 Å². The van der Waals surface area contributed by atoms with E-state index in [1.807, 2.05) is 12.3 Å². The zero-order valence-electron chi connectivity index (χ0n) is 13.9. The number of aromatic nitrogens is 4. The van der Waals surface area contributed by atoms with Crippen LogP contribution in [0, 0.1) is 0 Å². The molecule has 0 unspecified atom stereocenters. The molecule has 3 aromatic heterocycles. The molecule has 0 aromatic carbocycles. The molecule has 0 bridgehead atoms. The topological polar surface area (TPSA) is 49.2 Å². The first-order valence-electron chi connectivity index (χ1n) is 9.11. The van der Waals surface area contributed by atoms with Crippen LogP contribution in [0.15, 0.2) is 30.6 Å². The number of H-pyrrole nitrogens is 1. The Balaban J connectivity index is 1.42. The average Bonchev–Trinajstić information content (AvgIpc) is 3.33. The lowest BCUT2D eigenvalue weighted by Gasteiger charge is -2.22. The molecule has 1 aliphatic carbocycles. The first kappa shape index (κ1) is 14.2. The van der Waals surface area contributed by atoms with Crippen molar-refractivity contribution in [2.75, 3.05) is 6.54 Å². The predicted molar refractivity (Wildman–Crippen MR) is 92.8 cm³/mol. The van der Waals surface area contributed by atoms with Gasteiger partial charge in [-0.05, 0) is 57.2 Å². The lowest BCUT2D eigenvalue weighted by Crippen LogP contribution is -2.24. The van der Waals surface area contributed by atoms with Crippen molar-refractivity contribution in [1.29, 1.82) is 0 Å². The molecule has 1 fully saturated rings. The molecule has 5 nitrogen and oxygen atoms in total. The van der Waals surface area contributed by atoms with Crippen LogP contribution in [0.25, 0.3) is 5.65 Å². The van der Waals surface area contributed by atoms with Crippen LogP contribution in [-0.2, 0) is 19.4 Å². The van der Waals surface area contributed by atoms with Gasteiger partial charge in [0.05, 0.1) is 23.6 Å². The zero-order chi connectivity index (χ0) is 15.9. The molecule has 0 spiro atoms. The monoisotopic (exact) mass is 321 g/mol. The number of rotatable bonds is 3. The summed E-state index contributed by atoms with van der Waals surface area (Å²) in [5.41, 5.74) is 4.99. The highest BCUT2D eigenvalue weighted by Gasteiger charge is 2.30. The molecule has 1 N–H and O–H groups in total. The van der Waals surface area contributed by atoms with E-state index in [4.69, 9.17) is 4.98 Å². The highest BCUT2D eigenvalue weighted by Crippen LogP contribution is 2.33. The number of pyridine rings is 1. The van der Waals surface area contributed by atoms with Crippen LogP contribution in [0.2, 0.25) is 0 Å². The Morgan fingerprint density at radius 2 is 2.12 bits per heavy atom. The van der Waals surface area contributed by atoms with Gasteiger partial charge in [0.25, 0.3) is 0 Å². The highest BCUT2D eigenvalue weighted by molar-refractivity contribution is 5.39. The fourth-order valence-electron chi connectivity index (χ4n) is 4.27. The van der Waals surface area contributed by atoms with Crippen LogP contribution in [0.5, 0.6) is 0 Å². The summed E-state index contributed by atoms with van der Waals surface area (Å²) in [7, 11) is 0. The molecule has 3 aromatic rings. The second kappa shape index (κ2) is 5.74. The molecular formula is C19H23N5. The summed E-state index contributed by atoms with van der Waals surface area (Å²) in [6, 6.07) is 6.59. The Morgan fingerprint density at radius 3 is 3.08 bits per heavy atom. The number of fused-ring (bicyclic) bond motifs is 2. The van der Waals surface area contributed by atoms with E-state index in [0.717, 1.165) is 25.2 Å². The minimum atomic E-state index is 0.421. The van der Waals surface area contributed by atoms with E-state index in [-0.39, 0.29) is 0 Å². The first-order chi connectivity index (χ1) is 11.9. The van der Waals surface area contributed by atoms with Gasteiger partial charge in [0.1, 0.15) is 11.5 Å². The SMILES string of the molecule is c1ccn2c(CN3CCC[C@H]3c3nc4c([nH]3)CCCC4)cnc2c1. The van der Waals surface area contributed by atoms with Crippen molar-refractivity contribution in [3.8, 4) is 0 Å². The van der Waals surface area contributed by atoms with E-state index in [2.05, 4.69) is 37.6 Å². The minimum absolute atomic E-state index is 0.421. The van der Waals surface area contributed by atoms with Gasteiger partial charge in [0.2, 0.25) is 0 Å². The summed E-state index contributed by atoms with van der Waals surface area (Å²) in [5.74, 6) is 1.19. The van der Waals surface area contributed by atoms with E-state index in [1.54, 1.807) is 0 Å². The number of aromatic amines is 1. The van der Waals surface area contributed by atoms with Gasteiger partial charge in [-0.25, -0.2) is 9.97 Å². The molecule has 124 valence electrons. The Morgan fingerprint density at radius 1 is 1.17 bits per heavy atom. The third-order valence-electron chi connectivity index (χ3n) is 5.51. The van der Waals surface area contributed by atoms with Crippen molar-refractivity contribution in [2.24, 2.45) is 0 Å². The number of aryl methyl sites for hydroxylation is 2. The summed E-state index contributed by atoms with van der Waals surface area (Å²) in [5, 5.41) is 0. The minimum Gasteiger partial charge on any atom is -0.344 e. The molecule has 4 heterocycles. The van der Waals surface area contributed by atoms with E-state index >= 15 is 0 Å². The number of hydrogen-bond acceptors (Lipinski definition) is 3. The maximum absolute atomic E-state index is 4.95. The van der Waals surface area contributed by atoms with E-state index in [0.29, 0.717) is 6.04 Å². The number of hydrogen-bond donors (Lipinski definition) is 1. The normalized spacial score (nSPS) is 21.4. The Labute approximate surface area is 141 Å². The van der Waals surface area contributed by atoms with Gasteiger partial charge in [-0.1, -0.05) is 6.07 Å². The molecule has 2 aliphatic rings. The van der Waals surface area contributed by atoms with Crippen molar-refractivity contribution in [3.63, 3.8) is 0 Å². The van der Waals surface area contributed by atoms with Crippen LogP contribution in [0.4, 0.5) is 0 Å². The molecule has 0 amide bonds. The van der Waals surface area contributed by atoms with Gasteiger partial charge >= 0.3 is 0 Å². The van der Waals surface area contributed by atoms with Gasteiger partial charge in [0, 0.05) is 18.4 Å². The van der Waals surface area contributed by atoms with Crippen LogP contribution in [0.3, 0.4) is 0 Å². The number of nitrogens with one attached hydrogen (secondary N) is 1. The van der Waals surface area contributed by atoms with E-state index < -0.39 is 0 Å². The molecule has 24 heavy (non-hydrogen) atoms. The fourth-order valence-corrected chi connectivity index (χ4v) is 4.27. The summed E-state index contributed by atoms with van der Waals surface area (Å²) >= 11 is 0. The lowest BCUT2D eigenvalue weighted by atomic mass is 10.0. The summed E-state index contributed by atoms with van der Waals surface area (Å²) in [6.07, 6.45) is 11.5. The maximum atomic E-state index is 4.95. The van der Waals surface area contributed by atoms with Gasteiger partial charge in [-0.3, -0.25) is 4.90 Å². The molecule has 1 saturated heterocycles. The van der Waals surface area contributed by atoms with Crippen LogP contribution in [0.1, 0.15) is 54.6 Å². The Hall–Kier alpha value is -2.14. The Kier molecular flexibility index (Phi) is 3.40. The lowest BCUT2D eigenvalue weighted by molar-refractivity contribution is 0.237. The van der Waals surface area contributed by atoms with Gasteiger partial charge in [0.15, 0.2) is 0 Å². The van der Waals surface area contributed by atoms with Crippen molar-refractivity contribution in [3.05, 3.63) is 53.5 Å². The van der Waals surface area contributed by atoms with E-state index in [9.17, 15) is 0 Å². The van der Waals surface area contributed by atoms with Crippen LogP contribution < -0.4 is 0 Å². The predicted octanol–water partition coefficient (Wildman–Crippen LogP) is 3.27. The smallest absolute Gasteiger partial charge is 0.136 e. The van der Waals surface area contributed by atoms with Crippen molar-refractivity contribution < 1.29 is 0 Å². The summed E-state index contributed by atoms with van der Waals surface area (Å²) < 4.78 is 2.20. The quantitative estimate of drug-likeness (QED) is 0.805. The molecule has 5 rings (SSSR count). The van der Waals surface area contributed by atoms with Crippen molar-refractivity contribution in [1.82, 2.24) is 24.3 Å². The average molecular weight is 321 g/mol. The number of imidazole rings is 2. The van der Waals surface area contributed by atoms with Crippen molar-refractivity contribution in [2.45, 2.75) is 51.1 Å². The fraction of sp³-hybridized carbons (Fsp3) is 0.474. The van der Waals surface area contributed by atoms with E-state index in [1.165, 1.54) is 55.0 Å². The zero-order valence-corrected chi connectivity index (χ0v) is 13.9. The summed E-state index contributed by atoms with van der Waals surface area (Å²) in [4.78, 5) is 15.7. The molecule has 0 radical (unpaired) electrons. The third kappa shape index (κ3) is 2.35. The van der Waals surface area contributed by atoms with Crippen molar-refractivity contribution >= 4 is 5.65 Å². The molecule has 0 saturated carbocycles. The highest BCUT2D eigenvalue weighted by atomic mass is 15.2. The number of nitrogens with zero attached hydrogens (tertiary/aromatic N) is 4. The van der Waals surface area contributed by atoms with Gasteiger partial charge < -0.3 is 9.38 Å². The summed E-state index contributed by atoms with van der Waals surface area (Å²) in [6.45, 7) is 2.07. The standard InChI is InChI=1S/C19H23N5/c1-2-7-16-15(6-1)21-19(22-16)17-8-5-10-23(17)13-14-12-20-18-9-3-4-11-24(14)18/h3-4,9,11-12,17H,1-2,5-8,10,13H2,(H,21,22)/t17-/m0/s1.